The summed E-state index contributed by atoms with van der Waals surface area (Å²) < 4.78 is 13.3. The molecule has 0 fully saturated rings. The van der Waals surface area contributed by atoms with E-state index < -0.39 is 5.82 Å². The van der Waals surface area contributed by atoms with Crippen LogP contribution in [0.25, 0.3) is 0 Å². The number of nitrogens with one attached hydrogen (secondary N) is 1. The summed E-state index contributed by atoms with van der Waals surface area (Å²) in [4.78, 5) is 0. The first-order chi connectivity index (χ1) is 6.61. The molecule has 14 heavy (non-hydrogen) atoms. The van der Waals surface area contributed by atoms with Crippen molar-refractivity contribution in [3.63, 3.8) is 0 Å². The van der Waals surface area contributed by atoms with Crippen LogP contribution in [0.4, 0.5) is 10.1 Å². The first-order valence-corrected chi connectivity index (χ1v) is 4.85. The van der Waals surface area contributed by atoms with Crippen LogP contribution in [0, 0.1) is 5.82 Å². The van der Waals surface area contributed by atoms with Crippen molar-refractivity contribution in [2.24, 2.45) is 0 Å². The second-order valence-corrected chi connectivity index (χ2v) is 3.57. The molecule has 1 aromatic carbocycles. The SMILES string of the molecule is CC(O)CCNc1cccc(Cl)c1F. The standard InChI is InChI=1S/C10H13ClFNO/c1-7(14)5-6-13-9-4-2-3-8(11)10(9)12/h2-4,7,13-14H,5-6H2,1H3. The van der Waals surface area contributed by atoms with E-state index in [1.165, 1.54) is 6.07 Å². The van der Waals surface area contributed by atoms with Crippen molar-refractivity contribution in [2.45, 2.75) is 19.4 Å². The van der Waals surface area contributed by atoms with Gasteiger partial charge in [-0.15, -0.1) is 0 Å². The molecule has 0 aromatic heterocycles. The van der Waals surface area contributed by atoms with Crippen molar-refractivity contribution in [1.29, 1.82) is 0 Å². The van der Waals surface area contributed by atoms with Crippen molar-refractivity contribution < 1.29 is 9.50 Å². The molecule has 0 aliphatic carbocycles. The molecule has 0 spiro atoms. The molecule has 0 radical (unpaired) electrons. The lowest BCUT2D eigenvalue weighted by molar-refractivity contribution is 0.188. The number of aliphatic hydroxyl groups excluding tert-OH is 1. The van der Waals surface area contributed by atoms with Crippen LogP contribution in [0.1, 0.15) is 13.3 Å². The van der Waals surface area contributed by atoms with E-state index >= 15 is 0 Å². The van der Waals surface area contributed by atoms with E-state index in [9.17, 15) is 4.39 Å². The van der Waals surface area contributed by atoms with Crippen LogP contribution in [0.15, 0.2) is 18.2 Å². The Hall–Kier alpha value is -0.800. The van der Waals surface area contributed by atoms with Gasteiger partial charge in [0.25, 0.3) is 0 Å². The summed E-state index contributed by atoms with van der Waals surface area (Å²) in [6, 6.07) is 4.79. The third kappa shape index (κ3) is 3.16. The van der Waals surface area contributed by atoms with Gasteiger partial charge in [0, 0.05) is 6.54 Å². The average molecular weight is 218 g/mol. The smallest absolute Gasteiger partial charge is 0.164 e. The van der Waals surface area contributed by atoms with Crippen molar-refractivity contribution in [2.75, 3.05) is 11.9 Å². The monoisotopic (exact) mass is 217 g/mol. The van der Waals surface area contributed by atoms with Crippen molar-refractivity contribution in [1.82, 2.24) is 0 Å². The molecule has 0 aliphatic rings. The first kappa shape index (κ1) is 11.3. The molecule has 0 aliphatic heterocycles. The number of hydrogen-bond acceptors (Lipinski definition) is 2. The molecule has 1 unspecified atom stereocenters. The average Bonchev–Trinajstić information content (AvgIpc) is 2.12. The highest BCUT2D eigenvalue weighted by Gasteiger charge is 2.05. The highest BCUT2D eigenvalue weighted by Crippen LogP contribution is 2.21. The minimum atomic E-state index is -0.445. The number of benzene rings is 1. The van der Waals surface area contributed by atoms with Crippen molar-refractivity contribution in [3.8, 4) is 0 Å². The maximum Gasteiger partial charge on any atom is 0.164 e. The van der Waals surface area contributed by atoms with Crippen LogP contribution < -0.4 is 5.32 Å². The zero-order valence-electron chi connectivity index (χ0n) is 7.93. The van der Waals surface area contributed by atoms with Crippen LogP contribution >= 0.6 is 11.6 Å². The van der Waals surface area contributed by atoms with Crippen LogP contribution in [-0.4, -0.2) is 17.8 Å². The van der Waals surface area contributed by atoms with Crippen LogP contribution in [0.2, 0.25) is 5.02 Å². The molecule has 1 aromatic rings. The van der Waals surface area contributed by atoms with E-state index in [-0.39, 0.29) is 11.1 Å². The molecule has 2 nitrogen and oxygen atoms in total. The lowest BCUT2D eigenvalue weighted by Crippen LogP contribution is -2.10. The maximum atomic E-state index is 13.3. The number of hydrogen-bond donors (Lipinski definition) is 2. The van der Waals surface area contributed by atoms with E-state index in [1.807, 2.05) is 0 Å². The normalized spacial score (nSPS) is 12.6. The summed E-state index contributed by atoms with van der Waals surface area (Å²) in [6.45, 7) is 2.21. The Morgan fingerprint density at radius 1 is 1.57 bits per heavy atom. The summed E-state index contributed by atoms with van der Waals surface area (Å²) in [6.07, 6.45) is 0.191. The van der Waals surface area contributed by atoms with Gasteiger partial charge in [-0.1, -0.05) is 17.7 Å². The van der Waals surface area contributed by atoms with Gasteiger partial charge in [0.05, 0.1) is 16.8 Å². The summed E-state index contributed by atoms with van der Waals surface area (Å²) >= 11 is 5.59. The van der Waals surface area contributed by atoms with Gasteiger partial charge in [0.15, 0.2) is 5.82 Å². The van der Waals surface area contributed by atoms with Gasteiger partial charge in [0.2, 0.25) is 0 Å². The number of halogens is 2. The number of anilines is 1. The Morgan fingerprint density at radius 2 is 2.29 bits per heavy atom. The van der Waals surface area contributed by atoms with Gasteiger partial charge in [-0.3, -0.25) is 0 Å². The highest BCUT2D eigenvalue weighted by molar-refractivity contribution is 6.31. The van der Waals surface area contributed by atoms with Crippen LogP contribution in [0.3, 0.4) is 0 Å². The number of aliphatic hydroxyl groups is 1. The van der Waals surface area contributed by atoms with E-state index in [1.54, 1.807) is 19.1 Å². The highest BCUT2D eigenvalue weighted by atomic mass is 35.5. The van der Waals surface area contributed by atoms with Gasteiger partial charge in [0.1, 0.15) is 0 Å². The molecule has 1 rings (SSSR count). The molecule has 4 heteroatoms. The van der Waals surface area contributed by atoms with Crippen LogP contribution in [0.5, 0.6) is 0 Å². The second-order valence-electron chi connectivity index (χ2n) is 3.17. The third-order valence-corrected chi connectivity index (χ3v) is 2.12. The Labute approximate surface area is 87.7 Å². The molecule has 2 N–H and O–H groups in total. The quantitative estimate of drug-likeness (QED) is 0.813. The maximum absolute atomic E-state index is 13.3. The molecule has 0 saturated heterocycles. The number of rotatable bonds is 4. The van der Waals surface area contributed by atoms with Gasteiger partial charge in [-0.25, -0.2) is 4.39 Å². The molecule has 1 atom stereocenters. The predicted octanol–water partition coefficient (Wildman–Crippen LogP) is 2.66. The molecule has 0 amide bonds. The zero-order valence-corrected chi connectivity index (χ0v) is 8.68. The summed E-state index contributed by atoms with van der Waals surface area (Å²) in [5, 5.41) is 12.0. The second kappa shape index (κ2) is 5.17. The van der Waals surface area contributed by atoms with Gasteiger partial charge in [-0.2, -0.15) is 0 Å². The van der Waals surface area contributed by atoms with E-state index in [0.29, 0.717) is 18.7 Å². The molecular formula is C10H13ClFNO. The fourth-order valence-electron chi connectivity index (χ4n) is 1.06. The largest absolute Gasteiger partial charge is 0.393 e. The lowest BCUT2D eigenvalue weighted by atomic mass is 10.2. The fourth-order valence-corrected chi connectivity index (χ4v) is 1.23. The van der Waals surface area contributed by atoms with E-state index in [2.05, 4.69) is 5.32 Å². The Kier molecular flexibility index (Phi) is 4.17. The lowest BCUT2D eigenvalue weighted by Gasteiger charge is -2.09. The molecule has 0 bridgehead atoms. The fraction of sp³-hybridized carbons (Fsp3) is 0.400. The molecular weight excluding hydrogens is 205 g/mol. The topological polar surface area (TPSA) is 32.3 Å². The van der Waals surface area contributed by atoms with Gasteiger partial charge < -0.3 is 10.4 Å². The summed E-state index contributed by atoms with van der Waals surface area (Å²) in [5.74, 6) is -0.445. The Bertz CT molecular complexity index is 304. The summed E-state index contributed by atoms with van der Waals surface area (Å²) in [5.41, 5.74) is 0.373. The van der Waals surface area contributed by atoms with E-state index in [0.717, 1.165) is 0 Å². The first-order valence-electron chi connectivity index (χ1n) is 4.47. The van der Waals surface area contributed by atoms with Crippen LogP contribution in [-0.2, 0) is 0 Å². The minimum Gasteiger partial charge on any atom is -0.393 e. The van der Waals surface area contributed by atoms with Gasteiger partial charge in [-0.05, 0) is 25.5 Å². The third-order valence-electron chi connectivity index (χ3n) is 1.83. The Morgan fingerprint density at radius 3 is 2.93 bits per heavy atom. The molecule has 78 valence electrons. The van der Waals surface area contributed by atoms with Gasteiger partial charge >= 0.3 is 0 Å². The summed E-state index contributed by atoms with van der Waals surface area (Å²) in [7, 11) is 0. The molecule has 0 saturated carbocycles. The predicted molar refractivity (Wildman–Crippen MR) is 56.2 cm³/mol. The Balaban J connectivity index is 2.54. The minimum absolute atomic E-state index is 0.104. The molecule has 0 heterocycles. The van der Waals surface area contributed by atoms with E-state index in [4.69, 9.17) is 16.7 Å². The zero-order chi connectivity index (χ0) is 10.6. The van der Waals surface area contributed by atoms with Crippen molar-refractivity contribution in [3.05, 3.63) is 29.0 Å². The van der Waals surface area contributed by atoms with Crippen molar-refractivity contribution >= 4 is 17.3 Å².